The fraction of sp³-hybridized carbons (Fsp3) is 0.250. The monoisotopic (exact) mass is 335 g/mol. The van der Waals surface area contributed by atoms with Crippen LogP contribution in [0.4, 0.5) is 0 Å². The van der Waals surface area contributed by atoms with E-state index >= 15 is 0 Å². The molecule has 3 heteroatoms. The van der Waals surface area contributed by atoms with Crippen molar-refractivity contribution in [1.82, 2.24) is 0 Å². The summed E-state index contributed by atoms with van der Waals surface area (Å²) in [6.45, 7) is 2.13. The topological polar surface area (TPSA) is 26.0 Å². The first kappa shape index (κ1) is 14.6. The molecule has 0 bridgehead atoms. The van der Waals surface area contributed by atoms with Gasteiger partial charge in [0.25, 0.3) is 0 Å². The Morgan fingerprint density at radius 3 is 2.68 bits per heavy atom. The highest BCUT2D eigenvalue weighted by Crippen LogP contribution is 2.32. The Kier molecular flexibility index (Phi) is 5.49. The summed E-state index contributed by atoms with van der Waals surface area (Å²) in [6, 6.07) is 17.1. The van der Waals surface area contributed by atoms with Gasteiger partial charge in [0, 0.05) is 20.3 Å². The van der Waals surface area contributed by atoms with Crippen LogP contribution >= 0.6 is 27.7 Å². The lowest BCUT2D eigenvalue weighted by molar-refractivity contribution is 0.641. The lowest BCUT2D eigenvalue weighted by Gasteiger charge is -2.13. The van der Waals surface area contributed by atoms with Crippen LogP contribution < -0.4 is 5.73 Å². The van der Waals surface area contributed by atoms with E-state index in [-0.39, 0.29) is 6.04 Å². The number of hydrogen-bond acceptors (Lipinski definition) is 2. The summed E-state index contributed by atoms with van der Waals surface area (Å²) < 4.78 is 1.11. The van der Waals surface area contributed by atoms with Gasteiger partial charge >= 0.3 is 0 Å². The zero-order chi connectivity index (χ0) is 13.7. The smallest absolute Gasteiger partial charge is 0.0186 e. The normalized spacial score (nSPS) is 12.4. The van der Waals surface area contributed by atoms with Crippen LogP contribution in [0.2, 0.25) is 0 Å². The van der Waals surface area contributed by atoms with Gasteiger partial charge in [-0.25, -0.2) is 0 Å². The van der Waals surface area contributed by atoms with Crippen molar-refractivity contribution in [2.24, 2.45) is 5.73 Å². The number of rotatable bonds is 5. The van der Waals surface area contributed by atoms with Crippen LogP contribution in [0.15, 0.2) is 62.8 Å². The molecule has 0 saturated heterocycles. The molecule has 0 aliphatic rings. The molecule has 2 N–H and O–H groups in total. The van der Waals surface area contributed by atoms with Crippen molar-refractivity contribution in [3.8, 4) is 0 Å². The molecule has 100 valence electrons. The Hall–Kier alpha value is -0.770. The predicted octanol–water partition coefficient (Wildman–Crippen LogP) is 4.88. The molecule has 1 unspecified atom stereocenters. The van der Waals surface area contributed by atoms with Crippen LogP contribution in [0.5, 0.6) is 0 Å². The molecule has 0 aromatic heterocycles. The van der Waals surface area contributed by atoms with E-state index < -0.39 is 0 Å². The Bertz CT molecular complexity index is 542. The van der Waals surface area contributed by atoms with Gasteiger partial charge in [0.1, 0.15) is 0 Å². The molecule has 2 aromatic rings. The highest BCUT2D eigenvalue weighted by Gasteiger charge is 2.07. The first-order valence-corrected chi connectivity index (χ1v) is 8.07. The van der Waals surface area contributed by atoms with Gasteiger partial charge in [0.15, 0.2) is 0 Å². The third-order valence-electron chi connectivity index (χ3n) is 3.00. The van der Waals surface area contributed by atoms with E-state index in [0.717, 1.165) is 17.3 Å². The van der Waals surface area contributed by atoms with Crippen LogP contribution in [-0.4, -0.2) is 6.04 Å². The summed E-state index contributed by atoms with van der Waals surface area (Å²) in [5.74, 6) is 0. The quantitative estimate of drug-likeness (QED) is 0.842. The Morgan fingerprint density at radius 2 is 1.95 bits per heavy atom. The van der Waals surface area contributed by atoms with E-state index in [2.05, 4.69) is 65.3 Å². The first-order chi connectivity index (χ1) is 9.19. The van der Waals surface area contributed by atoms with Gasteiger partial charge in [-0.15, -0.1) is 0 Å². The van der Waals surface area contributed by atoms with Crippen molar-refractivity contribution < 1.29 is 0 Å². The molecule has 0 aliphatic carbocycles. The van der Waals surface area contributed by atoms with Gasteiger partial charge < -0.3 is 5.73 Å². The highest BCUT2D eigenvalue weighted by molar-refractivity contribution is 9.10. The van der Waals surface area contributed by atoms with Crippen molar-refractivity contribution in [2.45, 2.75) is 35.6 Å². The number of hydrogen-bond donors (Lipinski definition) is 1. The molecule has 0 heterocycles. The van der Waals surface area contributed by atoms with Crippen molar-refractivity contribution in [2.75, 3.05) is 0 Å². The Balaban J connectivity index is 2.20. The molecule has 0 saturated carbocycles. The highest BCUT2D eigenvalue weighted by atomic mass is 79.9. The molecular formula is C16H18BrNS. The predicted molar refractivity (Wildman–Crippen MR) is 86.7 cm³/mol. The molecule has 2 aromatic carbocycles. The summed E-state index contributed by atoms with van der Waals surface area (Å²) in [7, 11) is 0. The van der Waals surface area contributed by atoms with Gasteiger partial charge in [-0.3, -0.25) is 0 Å². The lowest BCUT2D eigenvalue weighted by atomic mass is 10.1. The standard InChI is InChI=1S/C16H18BrNS/c1-2-14(18)10-12-6-3-4-9-16(12)19-15-8-5-7-13(17)11-15/h3-9,11,14H,2,10,18H2,1H3. The van der Waals surface area contributed by atoms with Crippen molar-refractivity contribution in [3.05, 3.63) is 58.6 Å². The summed E-state index contributed by atoms with van der Waals surface area (Å²) in [4.78, 5) is 2.54. The third kappa shape index (κ3) is 4.37. The van der Waals surface area contributed by atoms with Crippen LogP contribution in [-0.2, 0) is 6.42 Å². The average molecular weight is 336 g/mol. The van der Waals surface area contributed by atoms with Crippen LogP contribution in [0.1, 0.15) is 18.9 Å². The van der Waals surface area contributed by atoms with E-state index in [1.807, 2.05) is 6.07 Å². The third-order valence-corrected chi connectivity index (χ3v) is 4.60. The summed E-state index contributed by atoms with van der Waals surface area (Å²) in [5, 5.41) is 0. The number of halogens is 1. The van der Waals surface area contributed by atoms with Gasteiger partial charge in [0.2, 0.25) is 0 Å². The molecule has 0 aliphatic heterocycles. The molecule has 0 amide bonds. The van der Waals surface area contributed by atoms with Gasteiger partial charge in [0.05, 0.1) is 0 Å². The molecule has 1 nitrogen and oxygen atoms in total. The average Bonchev–Trinajstić information content (AvgIpc) is 2.41. The van der Waals surface area contributed by atoms with Crippen molar-refractivity contribution in [1.29, 1.82) is 0 Å². The van der Waals surface area contributed by atoms with Crippen LogP contribution in [0.3, 0.4) is 0 Å². The molecule has 2 rings (SSSR count). The van der Waals surface area contributed by atoms with Crippen molar-refractivity contribution >= 4 is 27.7 Å². The fourth-order valence-electron chi connectivity index (χ4n) is 1.86. The van der Waals surface area contributed by atoms with Gasteiger partial charge in [-0.1, -0.05) is 58.9 Å². The maximum Gasteiger partial charge on any atom is 0.0186 e. The SMILES string of the molecule is CCC(N)Cc1ccccc1Sc1cccc(Br)c1. The Labute approximate surface area is 127 Å². The minimum Gasteiger partial charge on any atom is -0.327 e. The molecule has 0 fully saturated rings. The number of nitrogens with two attached hydrogens (primary N) is 1. The molecular weight excluding hydrogens is 318 g/mol. The van der Waals surface area contributed by atoms with Gasteiger partial charge in [-0.2, -0.15) is 0 Å². The zero-order valence-electron chi connectivity index (χ0n) is 11.0. The minimum atomic E-state index is 0.240. The van der Waals surface area contributed by atoms with Gasteiger partial charge in [-0.05, 0) is 42.7 Å². The van der Waals surface area contributed by atoms with E-state index in [0.29, 0.717) is 0 Å². The molecule has 1 atom stereocenters. The zero-order valence-corrected chi connectivity index (χ0v) is 13.4. The minimum absolute atomic E-state index is 0.240. The van der Waals surface area contributed by atoms with E-state index in [1.165, 1.54) is 15.4 Å². The summed E-state index contributed by atoms with van der Waals surface area (Å²) in [6.07, 6.45) is 1.95. The maximum atomic E-state index is 6.07. The van der Waals surface area contributed by atoms with E-state index in [4.69, 9.17) is 5.73 Å². The maximum absolute atomic E-state index is 6.07. The second kappa shape index (κ2) is 7.13. The lowest BCUT2D eigenvalue weighted by Crippen LogP contribution is -2.21. The largest absolute Gasteiger partial charge is 0.327 e. The molecule has 0 radical (unpaired) electrons. The molecule has 19 heavy (non-hydrogen) atoms. The Morgan fingerprint density at radius 1 is 1.16 bits per heavy atom. The van der Waals surface area contributed by atoms with Crippen molar-refractivity contribution in [3.63, 3.8) is 0 Å². The second-order valence-corrected chi connectivity index (χ2v) is 6.57. The summed E-state index contributed by atoms with van der Waals surface area (Å²) >= 11 is 5.31. The van der Waals surface area contributed by atoms with Crippen LogP contribution in [0.25, 0.3) is 0 Å². The van der Waals surface area contributed by atoms with E-state index in [1.54, 1.807) is 11.8 Å². The first-order valence-electron chi connectivity index (χ1n) is 6.46. The number of benzene rings is 2. The molecule has 0 spiro atoms. The second-order valence-electron chi connectivity index (χ2n) is 4.54. The van der Waals surface area contributed by atoms with E-state index in [9.17, 15) is 0 Å². The fourth-order valence-corrected chi connectivity index (χ4v) is 3.42. The summed E-state index contributed by atoms with van der Waals surface area (Å²) in [5.41, 5.74) is 7.41. The van der Waals surface area contributed by atoms with Crippen LogP contribution in [0, 0.1) is 0 Å².